The van der Waals surface area contributed by atoms with E-state index in [4.69, 9.17) is 20.2 Å². The minimum atomic E-state index is -4.10. The van der Waals surface area contributed by atoms with Gasteiger partial charge >= 0.3 is 9.24 Å². The van der Waals surface area contributed by atoms with Crippen LogP contribution in [0.2, 0.25) is 0 Å². The number of carbonyl (C=O) groups is 1. The highest BCUT2D eigenvalue weighted by Gasteiger charge is 2.46. The molecule has 0 spiro atoms. The Bertz CT molecular complexity index is 616. The third-order valence-corrected chi connectivity index (χ3v) is 4.30. The van der Waals surface area contributed by atoms with Crippen molar-refractivity contribution < 1.29 is 22.7 Å². The highest BCUT2D eigenvalue weighted by Crippen LogP contribution is 2.44. The minimum absolute atomic E-state index is 0.0650. The van der Waals surface area contributed by atoms with Crippen LogP contribution in [-0.2, 0) is 14.0 Å². The van der Waals surface area contributed by atoms with Crippen LogP contribution >= 0.6 is 10.7 Å². The second-order valence-corrected chi connectivity index (χ2v) is 6.32. The first kappa shape index (κ1) is 14.0. The van der Waals surface area contributed by atoms with Gasteiger partial charge in [-0.05, 0) is 6.07 Å². The number of amides is 1. The Morgan fingerprint density at radius 3 is 2.47 bits per heavy atom. The lowest BCUT2D eigenvalue weighted by Gasteiger charge is -2.37. The molecule has 0 aliphatic carbocycles. The third kappa shape index (κ3) is 2.35. The first-order valence-electron chi connectivity index (χ1n) is 5.38. The van der Waals surface area contributed by atoms with E-state index in [1.165, 1.54) is 14.2 Å². The molecule has 0 N–H and O–H groups in total. The summed E-state index contributed by atoms with van der Waals surface area (Å²) in [6.45, 7) is 0. The highest BCUT2D eigenvalue weighted by atomic mass is 35.7. The van der Waals surface area contributed by atoms with Crippen LogP contribution in [0.1, 0.15) is 18.0 Å². The Hall–Kier alpha value is -1.47. The van der Waals surface area contributed by atoms with E-state index >= 15 is 0 Å². The van der Waals surface area contributed by atoms with Gasteiger partial charge in [-0.25, -0.2) is 4.31 Å². The molecule has 104 valence electrons. The Kier molecular flexibility index (Phi) is 3.60. The van der Waals surface area contributed by atoms with Gasteiger partial charge in [0.2, 0.25) is 5.91 Å². The quantitative estimate of drug-likeness (QED) is 0.622. The molecule has 1 amide bonds. The molecular formula is C11H12ClNO5S. The summed E-state index contributed by atoms with van der Waals surface area (Å²) >= 11 is 0. The van der Waals surface area contributed by atoms with Gasteiger partial charge in [0.15, 0.2) is 11.5 Å². The number of halogens is 1. The molecule has 1 aromatic rings. The molecular weight excluding hydrogens is 294 g/mol. The number of β-lactam (4-membered cyclic amide) rings is 1. The molecule has 8 heteroatoms. The van der Waals surface area contributed by atoms with Gasteiger partial charge in [-0.2, -0.15) is 8.42 Å². The lowest BCUT2D eigenvalue weighted by Crippen LogP contribution is -2.48. The molecule has 1 atom stereocenters. The van der Waals surface area contributed by atoms with Crippen LogP contribution in [0.3, 0.4) is 0 Å². The van der Waals surface area contributed by atoms with E-state index in [1.807, 2.05) is 0 Å². The Morgan fingerprint density at radius 1 is 1.32 bits per heavy atom. The summed E-state index contributed by atoms with van der Waals surface area (Å²) in [5.41, 5.74) is 0.547. The number of para-hydroxylation sites is 1. The number of methoxy groups -OCH3 is 2. The molecule has 1 fully saturated rings. The van der Waals surface area contributed by atoms with Crippen LogP contribution in [0, 0.1) is 0 Å². The summed E-state index contributed by atoms with van der Waals surface area (Å²) in [5.74, 6) is 0.323. The maximum atomic E-state index is 11.4. The van der Waals surface area contributed by atoms with Crippen LogP contribution in [0.15, 0.2) is 18.2 Å². The molecule has 0 bridgehead atoms. The van der Waals surface area contributed by atoms with Crippen LogP contribution in [-0.4, -0.2) is 32.8 Å². The van der Waals surface area contributed by atoms with Crippen molar-refractivity contribution in [3.8, 4) is 11.5 Å². The summed E-state index contributed by atoms with van der Waals surface area (Å²) in [7, 11) is 4.07. The van der Waals surface area contributed by atoms with Crippen molar-refractivity contribution in [2.45, 2.75) is 12.5 Å². The van der Waals surface area contributed by atoms with Gasteiger partial charge in [0.1, 0.15) is 0 Å². The second-order valence-electron chi connectivity index (χ2n) is 3.93. The van der Waals surface area contributed by atoms with E-state index < -0.39 is 21.2 Å². The van der Waals surface area contributed by atoms with E-state index in [1.54, 1.807) is 18.2 Å². The molecule has 1 aliphatic rings. The normalized spacial score (nSPS) is 19.0. The molecule has 19 heavy (non-hydrogen) atoms. The average molecular weight is 306 g/mol. The van der Waals surface area contributed by atoms with Crippen molar-refractivity contribution in [3.63, 3.8) is 0 Å². The molecule has 0 aromatic heterocycles. The number of nitrogens with zero attached hydrogens (tertiary/aromatic N) is 1. The topological polar surface area (TPSA) is 72.9 Å². The molecule has 1 saturated heterocycles. The standard InChI is InChI=1S/C11H12ClNO5S/c1-17-9-5-3-4-7(11(9)18-2)8-6-10(14)13(8)19(12,15)16/h3-5,8H,6H2,1-2H3. The van der Waals surface area contributed by atoms with Gasteiger partial charge in [0.25, 0.3) is 0 Å². The fourth-order valence-corrected chi connectivity index (χ4v) is 3.41. The van der Waals surface area contributed by atoms with Crippen molar-refractivity contribution in [3.05, 3.63) is 23.8 Å². The number of hydrogen-bond donors (Lipinski definition) is 0. The van der Waals surface area contributed by atoms with Crippen molar-refractivity contribution in [1.29, 1.82) is 0 Å². The molecule has 6 nitrogen and oxygen atoms in total. The van der Waals surface area contributed by atoms with Crippen LogP contribution in [0.25, 0.3) is 0 Å². The Labute approximate surface area is 115 Å². The summed E-state index contributed by atoms with van der Waals surface area (Å²) in [6.07, 6.45) is 0.0650. The summed E-state index contributed by atoms with van der Waals surface area (Å²) < 4.78 is 33.7. The number of hydrogen-bond acceptors (Lipinski definition) is 5. The number of benzene rings is 1. The molecule has 1 aromatic carbocycles. The Morgan fingerprint density at radius 2 is 2.00 bits per heavy atom. The largest absolute Gasteiger partial charge is 0.493 e. The van der Waals surface area contributed by atoms with Gasteiger partial charge in [-0.3, -0.25) is 4.79 Å². The zero-order chi connectivity index (χ0) is 14.2. The smallest absolute Gasteiger partial charge is 0.324 e. The monoisotopic (exact) mass is 305 g/mol. The van der Waals surface area contributed by atoms with E-state index in [0.29, 0.717) is 21.4 Å². The van der Waals surface area contributed by atoms with Gasteiger partial charge in [-0.1, -0.05) is 12.1 Å². The average Bonchev–Trinajstić information content (AvgIpc) is 2.32. The maximum absolute atomic E-state index is 11.4. The van der Waals surface area contributed by atoms with Crippen molar-refractivity contribution in [2.75, 3.05) is 14.2 Å². The van der Waals surface area contributed by atoms with E-state index in [-0.39, 0.29) is 6.42 Å². The fourth-order valence-electron chi connectivity index (χ4n) is 2.08. The van der Waals surface area contributed by atoms with Crippen LogP contribution < -0.4 is 9.47 Å². The number of rotatable bonds is 4. The zero-order valence-electron chi connectivity index (χ0n) is 10.3. The van der Waals surface area contributed by atoms with Gasteiger partial charge in [0.05, 0.1) is 26.7 Å². The second kappa shape index (κ2) is 4.90. The minimum Gasteiger partial charge on any atom is -0.493 e. The first-order valence-corrected chi connectivity index (χ1v) is 7.64. The van der Waals surface area contributed by atoms with Crippen LogP contribution in [0.5, 0.6) is 11.5 Å². The van der Waals surface area contributed by atoms with Gasteiger partial charge in [0, 0.05) is 16.2 Å². The van der Waals surface area contributed by atoms with Crippen molar-refractivity contribution in [1.82, 2.24) is 4.31 Å². The van der Waals surface area contributed by atoms with Crippen molar-refractivity contribution >= 4 is 25.8 Å². The predicted octanol–water partition coefficient (Wildman–Crippen LogP) is 1.46. The van der Waals surface area contributed by atoms with E-state index in [2.05, 4.69) is 0 Å². The summed E-state index contributed by atoms with van der Waals surface area (Å²) in [4.78, 5) is 11.4. The van der Waals surface area contributed by atoms with Crippen LogP contribution in [0.4, 0.5) is 0 Å². The summed E-state index contributed by atoms with van der Waals surface area (Å²) in [6, 6.07) is 4.40. The summed E-state index contributed by atoms with van der Waals surface area (Å²) in [5, 5.41) is 0. The lowest BCUT2D eigenvalue weighted by atomic mass is 9.96. The molecule has 1 aliphatic heterocycles. The maximum Gasteiger partial charge on any atom is 0.324 e. The number of ether oxygens (including phenoxy) is 2. The molecule has 0 radical (unpaired) electrons. The molecule has 2 rings (SSSR count). The predicted molar refractivity (Wildman–Crippen MR) is 68.5 cm³/mol. The highest BCUT2D eigenvalue weighted by molar-refractivity contribution is 8.12. The molecule has 1 heterocycles. The zero-order valence-corrected chi connectivity index (χ0v) is 11.9. The van der Waals surface area contributed by atoms with E-state index in [0.717, 1.165) is 0 Å². The van der Waals surface area contributed by atoms with E-state index in [9.17, 15) is 13.2 Å². The SMILES string of the molecule is COc1cccc(C2CC(=O)N2S(=O)(=O)Cl)c1OC. The molecule has 1 unspecified atom stereocenters. The van der Waals surface area contributed by atoms with Gasteiger partial charge in [-0.15, -0.1) is 0 Å². The molecule has 0 saturated carbocycles. The first-order chi connectivity index (χ1) is 8.90. The lowest BCUT2D eigenvalue weighted by molar-refractivity contribution is -0.137. The van der Waals surface area contributed by atoms with Gasteiger partial charge < -0.3 is 9.47 Å². The van der Waals surface area contributed by atoms with Crippen molar-refractivity contribution in [2.24, 2.45) is 0 Å². The Balaban J connectivity index is 2.46. The fraction of sp³-hybridized carbons (Fsp3) is 0.364. The third-order valence-electron chi connectivity index (χ3n) is 2.92. The number of carbonyl (C=O) groups excluding carboxylic acids is 1.